The first-order chi connectivity index (χ1) is 11.1. The van der Waals surface area contributed by atoms with E-state index in [1.165, 1.54) is 0 Å². The van der Waals surface area contributed by atoms with E-state index in [1.807, 2.05) is 16.7 Å². The van der Waals surface area contributed by atoms with Crippen LogP contribution in [0.15, 0.2) is 0 Å². The molecule has 7 nitrogen and oxygen atoms in total. The number of nitrogens with one attached hydrogen (secondary N) is 1. The zero-order chi connectivity index (χ0) is 16.4. The van der Waals surface area contributed by atoms with Gasteiger partial charge < -0.3 is 20.0 Å². The van der Waals surface area contributed by atoms with Gasteiger partial charge in [-0.1, -0.05) is 0 Å². The number of urea groups is 1. The van der Waals surface area contributed by atoms with Crippen molar-refractivity contribution in [2.75, 3.05) is 39.3 Å². The minimum Gasteiger partial charge on any atom is -0.342 e. The molecule has 0 aromatic carbocycles. The van der Waals surface area contributed by atoms with Crippen molar-refractivity contribution < 1.29 is 14.4 Å². The quantitative estimate of drug-likeness (QED) is 0.810. The van der Waals surface area contributed by atoms with Crippen LogP contribution in [0, 0.1) is 5.92 Å². The van der Waals surface area contributed by atoms with Crippen molar-refractivity contribution in [1.82, 2.24) is 20.0 Å². The molecule has 0 spiro atoms. The summed E-state index contributed by atoms with van der Waals surface area (Å²) >= 11 is 0. The molecule has 3 rings (SSSR count). The molecule has 1 N–H and O–H groups in total. The van der Waals surface area contributed by atoms with Crippen molar-refractivity contribution in [2.45, 2.75) is 38.6 Å². The second-order valence-corrected chi connectivity index (χ2v) is 6.67. The maximum absolute atomic E-state index is 12.6. The largest absolute Gasteiger partial charge is 0.342 e. The monoisotopic (exact) mass is 322 g/mol. The fourth-order valence-electron chi connectivity index (χ4n) is 3.90. The highest BCUT2D eigenvalue weighted by atomic mass is 16.2. The molecule has 1 unspecified atom stereocenters. The molecule has 0 radical (unpaired) electrons. The molecule has 3 aliphatic heterocycles. The molecule has 4 amide bonds. The van der Waals surface area contributed by atoms with Gasteiger partial charge in [0.05, 0.1) is 5.92 Å². The summed E-state index contributed by atoms with van der Waals surface area (Å²) in [6.45, 7) is 6.12. The zero-order valence-electron chi connectivity index (χ0n) is 13.8. The van der Waals surface area contributed by atoms with Crippen molar-refractivity contribution in [2.24, 2.45) is 5.92 Å². The Morgan fingerprint density at radius 2 is 1.96 bits per heavy atom. The highest BCUT2D eigenvalue weighted by Crippen LogP contribution is 2.24. The van der Waals surface area contributed by atoms with Crippen LogP contribution in [0.5, 0.6) is 0 Å². The molecule has 128 valence electrons. The van der Waals surface area contributed by atoms with Gasteiger partial charge in [0.25, 0.3) is 0 Å². The van der Waals surface area contributed by atoms with Gasteiger partial charge in [0.1, 0.15) is 0 Å². The molecule has 0 aliphatic carbocycles. The predicted octanol–water partition coefficient (Wildman–Crippen LogP) is 0.261. The first-order valence-corrected chi connectivity index (χ1v) is 8.71. The van der Waals surface area contributed by atoms with Gasteiger partial charge in [-0.05, 0) is 26.2 Å². The molecule has 1 atom stereocenters. The standard InChI is InChI=1S/C16H26N4O3/c1-2-18-11-12(10-14(18)21)15(22)19-8-4-13(5-9-19)20-7-3-6-17-16(20)23/h12-13H,2-11H2,1H3,(H,17,23). The molecule has 3 saturated heterocycles. The number of hydrogen-bond acceptors (Lipinski definition) is 3. The maximum Gasteiger partial charge on any atom is 0.317 e. The average molecular weight is 322 g/mol. The third kappa shape index (κ3) is 3.28. The maximum atomic E-state index is 12.6. The third-order valence-corrected chi connectivity index (χ3v) is 5.28. The first-order valence-electron chi connectivity index (χ1n) is 8.71. The SMILES string of the molecule is CCN1CC(C(=O)N2CCC(N3CCCNC3=O)CC2)CC1=O. The molecule has 0 bridgehead atoms. The Labute approximate surface area is 137 Å². The second kappa shape index (κ2) is 6.76. The number of piperidine rings is 1. The number of hydrogen-bond donors (Lipinski definition) is 1. The van der Waals surface area contributed by atoms with E-state index in [0.717, 1.165) is 32.4 Å². The Kier molecular flexibility index (Phi) is 4.73. The Morgan fingerprint density at radius 1 is 1.22 bits per heavy atom. The smallest absolute Gasteiger partial charge is 0.317 e. The molecule has 3 aliphatic rings. The lowest BCUT2D eigenvalue weighted by Crippen LogP contribution is -2.55. The second-order valence-electron chi connectivity index (χ2n) is 6.67. The van der Waals surface area contributed by atoms with Crippen molar-refractivity contribution in [3.63, 3.8) is 0 Å². The Balaban J connectivity index is 1.51. The summed E-state index contributed by atoms with van der Waals surface area (Å²) < 4.78 is 0. The topological polar surface area (TPSA) is 73.0 Å². The number of rotatable bonds is 3. The Bertz CT molecular complexity index is 488. The van der Waals surface area contributed by atoms with E-state index in [4.69, 9.17) is 0 Å². The van der Waals surface area contributed by atoms with Crippen LogP contribution in [0.1, 0.15) is 32.6 Å². The van der Waals surface area contributed by atoms with E-state index < -0.39 is 0 Å². The minimum atomic E-state index is -0.183. The van der Waals surface area contributed by atoms with Gasteiger partial charge in [0.2, 0.25) is 11.8 Å². The van der Waals surface area contributed by atoms with Gasteiger partial charge in [-0.2, -0.15) is 0 Å². The zero-order valence-corrected chi connectivity index (χ0v) is 13.8. The van der Waals surface area contributed by atoms with Crippen LogP contribution in [-0.2, 0) is 9.59 Å². The highest BCUT2D eigenvalue weighted by Gasteiger charge is 2.38. The van der Waals surface area contributed by atoms with E-state index in [2.05, 4.69) is 5.32 Å². The normalized spacial score (nSPS) is 26.7. The van der Waals surface area contributed by atoms with Gasteiger partial charge in [-0.15, -0.1) is 0 Å². The molecule has 3 fully saturated rings. The van der Waals surface area contributed by atoms with Gasteiger partial charge in [-0.3, -0.25) is 9.59 Å². The number of carbonyl (C=O) groups excluding carboxylic acids is 3. The van der Waals surface area contributed by atoms with Crippen LogP contribution >= 0.6 is 0 Å². The van der Waals surface area contributed by atoms with Gasteiger partial charge >= 0.3 is 6.03 Å². The molecule has 23 heavy (non-hydrogen) atoms. The summed E-state index contributed by atoms with van der Waals surface area (Å²) in [7, 11) is 0. The highest BCUT2D eigenvalue weighted by molar-refractivity contribution is 5.89. The third-order valence-electron chi connectivity index (χ3n) is 5.28. The lowest BCUT2D eigenvalue weighted by atomic mass is 10.00. The van der Waals surface area contributed by atoms with Crippen LogP contribution in [0.3, 0.4) is 0 Å². The Hall–Kier alpha value is -1.79. The van der Waals surface area contributed by atoms with Gasteiger partial charge in [-0.25, -0.2) is 4.79 Å². The number of carbonyl (C=O) groups is 3. The van der Waals surface area contributed by atoms with Crippen molar-refractivity contribution in [3.05, 3.63) is 0 Å². The number of likely N-dealkylation sites (tertiary alicyclic amines) is 2. The lowest BCUT2D eigenvalue weighted by Gasteiger charge is -2.40. The molecule has 0 saturated carbocycles. The summed E-state index contributed by atoms with van der Waals surface area (Å²) in [5.41, 5.74) is 0. The molecule has 0 aromatic heterocycles. The van der Waals surface area contributed by atoms with Crippen molar-refractivity contribution in [1.29, 1.82) is 0 Å². The average Bonchev–Trinajstić information content (AvgIpc) is 2.96. The van der Waals surface area contributed by atoms with Crippen LogP contribution in [0.4, 0.5) is 4.79 Å². The van der Waals surface area contributed by atoms with Crippen molar-refractivity contribution >= 4 is 17.8 Å². The summed E-state index contributed by atoms with van der Waals surface area (Å²) in [6.07, 6.45) is 3.00. The van der Waals surface area contributed by atoms with E-state index in [9.17, 15) is 14.4 Å². The number of amides is 4. The summed E-state index contributed by atoms with van der Waals surface area (Å²) in [5, 5.41) is 2.89. The lowest BCUT2D eigenvalue weighted by molar-refractivity contribution is -0.137. The van der Waals surface area contributed by atoms with Crippen molar-refractivity contribution in [3.8, 4) is 0 Å². The Morgan fingerprint density at radius 3 is 2.57 bits per heavy atom. The van der Waals surface area contributed by atoms with Crippen LogP contribution in [0.2, 0.25) is 0 Å². The van der Waals surface area contributed by atoms with E-state index in [0.29, 0.717) is 32.6 Å². The van der Waals surface area contributed by atoms with Gasteiger partial charge in [0, 0.05) is 51.7 Å². The van der Waals surface area contributed by atoms with E-state index >= 15 is 0 Å². The molecular weight excluding hydrogens is 296 g/mol. The van der Waals surface area contributed by atoms with E-state index in [-0.39, 0.29) is 29.8 Å². The molecule has 3 heterocycles. The predicted molar refractivity (Wildman–Crippen MR) is 84.7 cm³/mol. The fourth-order valence-corrected chi connectivity index (χ4v) is 3.90. The first kappa shape index (κ1) is 16.1. The minimum absolute atomic E-state index is 0.0287. The van der Waals surface area contributed by atoms with E-state index in [1.54, 1.807) is 4.90 Å². The van der Waals surface area contributed by atoms with Gasteiger partial charge in [0.15, 0.2) is 0 Å². The van der Waals surface area contributed by atoms with Crippen LogP contribution in [-0.4, -0.2) is 77.9 Å². The summed E-state index contributed by atoms with van der Waals surface area (Å²) in [4.78, 5) is 41.9. The van der Waals surface area contributed by atoms with Crippen LogP contribution in [0.25, 0.3) is 0 Å². The molecule has 0 aromatic rings. The van der Waals surface area contributed by atoms with Crippen LogP contribution < -0.4 is 5.32 Å². The fraction of sp³-hybridized carbons (Fsp3) is 0.812. The summed E-state index contributed by atoms with van der Waals surface area (Å²) in [6, 6.07) is 0.262. The molecule has 7 heteroatoms. The summed E-state index contributed by atoms with van der Waals surface area (Å²) in [5.74, 6) is 0.0128. The number of nitrogens with zero attached hydrogens (tertiary/aromatic N) is 3. The molecular formula is C16H26N4O3.